The van der Waals surface area contributed by atoms with Gasteiger partial charge in [-0.25, -0.2) is 13.1 Å². The predicted octanol–water partition coefficient (Wildman–Crippen LogP) is 4.38. The van der Waals surface area contributed by atoms with Crippen molar-refractivity contribution in [3.63, 3.8) is 0 Å². The fourth-order valence-electron chi connectivity index (χ4n) is 3.35. The van der Waals surface area contributed by atoms with E-state index in [1.54, 1.807) is 12.1 Å². The molecule has 0 amide bonds. The molecule has 2 rings (SSSR count). The summed E-state index contributed by atoms with van der Waals surface area (Å²) in [6.45, 7) is 0.414. The van der Waals surface area contributed by atoms with Gasteiger partial charge in [0.25, 0.3) is 0 Å². The van der Waals surface area contributed by atoms with Crippen LogP contribution in [0.25, 0.3) is 0 Å². The summed E-state index contributed by atoms with van der Waals surface area (Å²) < 4.78 is 27.7. The van der Waals surface area contributed by atoms with E-state index < -0.39 is 16.0 Å². The fourth-order valence-corrected chi connectivity index (χ4v) is 4.63. The summed E-state index contributed by atoms with van der Waals surface area (Å²) in [5.41, 5.74) is -0.0528. The molecule has 1 saturated carbocycles. The molecule has 1 aromatic carbocycles. The standard InChI is InChI=1S/C19H26ClNO4S/c20-16-8-10-17(11-9-16)26(24,25)21-15-19(13-5-6-14-19)12-4-2-1-3-7-18(22)23/h2,4,8-11,21H,1,3,5-7,12-15H2,(H,22,23)/b4-2-. The van der Waals surface area contributed by atoms with E-state index in [4.69, 9.17) is 16.7 Å². The Morgan fingerprint density at radius 3 is 2.46 bits per heavy atom. The fraction of sp³-hybridized carbons (Fsp3) is 0.526. The van der Waals surface area contributed by atoms with Crippen molar-refractivity contribution < 1.29 is 18.3 Å². The van der Waals surface area contributed by atoms with Crippen LogP contribution in [0.1, 0.15) is 51.4 Å². The van der Waals surface area contributed by atoms with E-state index >= 15 is 0 Å². The first-order valence-corrected chi connectivity index (χ1v) is 10.8. The highest BCUT2D eigenvalue weighted by Gasteiger charge is 2.34. The Hall–Kier alpha value is -1.37. The number of sulfonamides is 1. The van der Waals surface area contributed by atoms with Crippen LogP contribution in [-0.2, 0) is 14.8 Å². The van der Waals surface area contributed by atoms with Crippen LogP contribution in [0, 0.1) is 5.41 Å². The second kappa shape index (κ2) is 9.53. The molecule has 0 radical (unpaired) electrons. The number of allylic oxidation sites excluding steroid dienone is 2. The number of benzene rings is 1. The quantitative estimate of drug-likeness (QED) is 0.451. The lowest BCUT2D eigenvalue weighted by atomic mass is 9.83. The summed E-state index contributed by atoms with van der Waals surface area (Å²) in [6.07, 6.45) is 10.6. The summed E-state index contributed by atoms with van der Waals surface area (Å²) in [4.78, 5) is 10.7. The van der Waals surface area contributed by atoms with Crippen molar-refractivity contribution in [2.45, 2.75) is 56.3 Å². The molecule has 0 heterocycles. The number of unbranched alkanes of at least 4 members (excludes halogenated alkanes) is 1. The molecule has 0 aliphatic heterocycles. The summed E-state index contributed by atoms with van der Waals surface area (Å²) in [5, 5.41) is 9.15. The summed E-state index contributed by atoms with van der Waals surface area (Å²) in [5.74, 6) is -0.776. The topological polar surface area (TPSA) is 83.5 Å². The molecule has 5 nitrogen and oxygen atoms in total. The average molecular weight is 400 g/mol. The Morgan fingerprint density at radius 1 is 1.19 bits per heavy atom. The lowest BCUT2D eigenvalue weighted by molar-refractivity contribution is -0.137. The maximum Gasteiger partial charge on any atom is 0.303 e. The van der Waals surface area contributed by atoms with Gasteiger partial charge in [-0.15, -0.1) is 0 Å². The Kier molecular flexibility index (Phi) is 7.68. The van der Waals surface area contributed by atoms with E-state index in [0.29, 0.717) is 18.0 Å². The molecular formula is C19H26ClNO4S. The van der Waals surface area contributed by atoms with Gasteiger partial charge in [0, 0.05) is 18.0 Å². The SMILES string of the molecule is O=C(O)CCC/C=C\CC1(CNS(=O)(=O)c2ccc(Cl)cc2)CCCC1. The summed E-state index contributed by atoms with van der Waals surface area (Å²) in [7, 11) is -3.55. The predicted molar refractivity (Wildman–Crippen MR) is 103 cm³/mol. The number of hydrogen-bond donors (Lipinski definition) is 2. The van der Waals surface area contributed by atoms with Gasteiger partial charge in [0.05, 0.1) is 4.90 Å². The molecule has 0 unspecified atom stereocenters. The first kappa shape index (κ1) is 20.9. The van der Waals surface area contributed by atoms with Crippen LogP contribution in [-0.4, -0.2) is 26.0 Å². The molecule has 1 aliphatic rings. The number of halogens is 1. The van der Waals surface area contributed by atoms with E-state index in [0.717, 1.165) is 38.5 Å². The molecule has 1 aliphatic carbocycles. The number of aliphatic carboxylic acids is 1. The molecule has 2 N–H and O–H groups in total. The van der Waals surface area contributed by atoms with Crippen LogP contribution in [0.4, 0.5) is 0 Å². The molecule has 0 atom stereocenters. The van der Waals surface area contributed by atoms with Crippen LogP contribution in [0.15, 0.2) is 41.3 Å². The van der Waals surface area contributed by atoms with E-state index in [9.17, 15) is 13.2 Å². The summed E-state index contributed by atoms with van der Waals surface area (Å²) in [6, 6.07) is 6.16. The van der Waals surface area contributed by atoms with Crippen LogP contribution in [0.5, 0.6) is 0 Å². The maximum absolute atomic E-state index is 12.5. The van der Waals surface area contributed by atoms with Gasteiger partial charge in [0.2, 0.25) is 10.0 Å². The number of carboxylic acids is 1. The third-order valence-corrected chi connectivity index (χ3v) is 6.57. The second-order valence-electron chi connectivity index (χ2n) is 6.95. The number of hydrogen-bond acceptors (Lipinski definition) is 3. The second-order valence-corrected chi connectivity index (χ2v) is 9.15. The summed E-state index contributed by atoms with van der Waals surface area (Å²) >= 11 is 5.82. The minimum atomic E-state index is -3.55. The lowest BCUT2D eigenvalue weighted by Gasteiger charge is -2.28. The molecule has 0 aromatic heterocycles. The molecule has 1 aromatic rings. The number of carboxylic acid groups (broad SMARTS) is 1. The highest BCUT2D eigenvalue weighted by molar-refractivity contribution is 7.89. The largest absolute Gasteiger partial charge is 0.481 e. The smallest absolute Gasteiger partial charge is 0.303 e. The number of rotatable bonds is 10. The zero-order chi connectivity index (χ0) is 19.0. The van der Waals surface area contributed by atoms with Crippen molar-refractivity contribution in [2.75, 3.05) is 6.54 Å². The molecule has 0 bridgehead atoms. The Balaban J connectivity index is 1.91. The van der Waals surface area contributed by atoms with E-state index in [1.807, 2.05) is 6.08 Å². The van der Waals surface area contributed by atoms with Gasteiger partial charge in [0.15, 0.2) is 0 Å². The van der Waals surface area contributed by atoms with Gasteiger partial charge >= 0.3 is 5.97 Å². The van der Waals surface area contributed by atoms with Crippen LogP contribution < -0.4 is 4.72 Å². The first-order valence-electron chi connectivity index (χ1n) is 8.95. The van der Waals surface area contributed by atoms with Crippen LogP contribution in [0.3, 0.4) is 0 Å². The number of carbonyl (C=O) groups is 1. The van der Waals surface area contributed by atoms with Crippen molar-refractivity contribution in [2.24, 2.45) is 5.41 Å². The zero-order valence-electron chi connectivity index (χ0n) is 14.8. The van der Waals surface area contributed by atoms with Crippen molar-refractivity contribution >= 4 is 27.6 Å². The van der Waals surface area contributed by atoms with Gasteiger partial charge in [-0.1, -0.05) is 36.6 Å². The van der Waals surface area contributed by atoms with E-state index in [2.05, 4.69) is 10.8 Å². The Labute approximate surface area is 160 Å². The van der Waals surface area contributed by atoms with Gasteiger partial charge in [0.1, 0.15) is 0 Å². The molecular weight excluding hydrogens is 374 g/mol. The normalized spacial score (nSPS) is 17.0. The zero-order valence-corrected chi connectivity index (χ0v) is 16.4. The Morgan fingerprint density at radius 2 is 1.85 bits per heavy atom. The Bertz CT molecular complexity index is 722. The van der Waals surface area contributed by atoms with Gasteiger partial charge in [-0.05, 0) is 61.8 Å². The maximum atomic E-state index is 12.5. The van der Waals surface area contributed by atoms with Crippen molar-refractivity contribution in [3.8, 4) is 0 Å². The van der Waals surface area contributed by atoms with Crippen molar-refractivity contribution in [3.05, 3.63) is 41.4 Å². The molecule has 7 heteroatoms. The third kappa shape index (κ3) is 6.41. The van der Waals surface area contributed by atoms with E-state index in [1.165, 1.54) is 12.1 Å². The highest BCUT2D eigenvalue weighted by atomic mass is 35.5. The monoisotopic (exact) mass is 399 g/mol. The van der Waals surface area contributed by atoms with Crippen LogP contribution in [0.2, 0.25) is 5.02 Å². The minimum Gasteiger partial charge on any atom is -0.481 e. The molecule has 144 valence electrons. The van der Waals surface area contributed by atoms with Gasteiger partial charge in [-0.2, -0.15) is 0 Å². The number of nitrogens with one attached hydrogen (secondary N) is 1. The van der Waals surface area contributed by atoms with Crippen molar-refractivity contribution in [1.29, 1.82) is 0 Å². The molecule has 1 fully saturated rings. The minimum absolute atomic E-state index is 0.0528. The lowest BCUT2D eigenvalue weighted by Crippen LogP contribution is -2.35. The molecule has 0 saturated heterocycles. The average Bonchev–Trinajstić information content (AvgIpc) is 3.06. The van der Waals surface area contributed by atoms with E-state index in [-0.39, 0.29) is 16.7 Å². The molecule has 0 spiro atoms. The highest BCUT2D eigenvalue weighted by Crippen LogP contribution is 2.41. The van der Waals surface area contributed by atoms with Crippen LogP contribution >= 0.6 is 11.6 Å². The third-order valence-electron chi connectivity index (χ3n) is 4.90. The molecule has 26 heavy (non-hydrogen) atoms. The van der Waals surface area contributed by atoms with Gasteiger partial charge in [-0.3, -0.25) is 4.79 Å². The van der Waals surface area contributed by atoms with Gasteiger partial charge < -0.3 is 5.11 Å². The van der Waals surface area contributed by atoms with Crippen molar-refractivity contribution in [1.82, 2.24) is 4.72 Å². The first-order chi connectivity index (χ1) is 12.3.